The van der Waals surface area contributed by atoms with Crippen molar-refractivity contribution in [2.24, 2.45) is 0 Å². The van der Waals surface area contributed by atoms with Gasteiger partial charge >= 0.3 is 18.1 Å². The van der Waals surface area contributed by atoms with Gasteiger partial charge in [-0.1, -0.05) is 82.2 Å². The van der Waals surface area contributed by atoms with Gasteiger partial charge in [0.2, 0.25) is 0 Å². The Morgan fingerprint density at radius 1 is 0.727 bits per heavy atom. The molecule has 2 aromatic rings. The van der Waals surface area contributed by atoms with Crippen molar-refractivity contribution in [1.29, 1.82) is 0 Å². The quantitative estimate of drug-likeness (QED) is 0.230. The summed E-state index contributed by atoms with van der Waals surface area (Å²) in [6.45, 7) is 1.87. The summed E-state index contributed by atoms with van der Waals surface area (Å²) >= 11 is 0. The Hall–Kier alpha value is -2.83. The number of rotatable bonds is 13. The molecular formula is C26H31F3O4. The Kier molecular flexibility index (Phi) is 10.9. The van der Waals surface area contributed by atoms with Gasteiger partial charge in [0, 0.05) is 5.56 Å². The summed E-state index contributed by atoms with van der Waals surface area (Å²) in [4.78, 5) is 25.0. The molecule has 7 heteroatoms. The molecule has 33 heavy (non-hydrogen) atoms. The Balaban J connectivity index is 1.87. The van der Waals surface area contributed by atoms with Crippen molar-refractivity contribution in [2.45, 2.75) is 71.1 Å². The molecule has 2 rings (SSSR count). The fourth-order valence-electron chi connectivity index (χ4n) is 3.46. The molecule has 0 amide bonds. The van der Waals surface area contributed by atoms with Crippen LogP contribution in [0.2, 0.25) is 0 Å². The molecule has 4 nitrogen and oxygen atoms in total. The van der Waals surface area contributed by atoms with E-state index in [1.54, 1.807) is 12.1 Å². The summed E-state index contributed by atoms with van der Waals surface area (Å²) in [6, 6.07) is 10.9. The fraction of sp³-hybridized carbons (Fsp3) is 0.462. The lowest BCUT2D eigenvalue weighted by Crippen LogP contribution is -2.16. The zero-order chi connectivity index (χ0) is 24.1. The predicted octanol–water partition coefficient (Wildman–Crippen LogP) is 7.36. The van der Waals surface area contributed by atoms with Crippen molar-refractivity contribution in [3.05, 3.63) is 70.8 Å². The molecule has 0 heterocycles. The van der Waals surface area contributed by atoms with Crippen LogP contribution in [0.4, 0.5) is 13.2 Å². The van der Waals surface area contributed by atoms with Crippen LogP contribution in [0.5, 0.6) is 0 Å². The maximum Gasteiger partial charge on any atom is 0.416 e. The van der Waals surface area contributed by atoms with Gasteiger partial charge in [-0.25, -0.2) is 9.59 Å². The third kappa shape index (κ3) is 8.91. The lowest BCUT2D eigenvalue weighted by molar-refractivity contribution is -0.138. The highest BCUT2D eigenvalue weighted by atomic mass is 19.4. The number of carbonyl (C=O) groups excluding carboxylic acids is 2. The highest BCUT2D eigenvalue weighted by Crippen LogP contribution is 2.32. The highest BCUT2D eigenvalue weighted by molar-refractivity contribution is 6.03. The smallest absolute Gasteiger partial charge is 0.416 e. The van der Waals surface area contributed by atoms with Gasteiger partial charge in [0.25, 0.3) is 0 Å². The molecule has 0 fully saturated rings. The second-order valence-electron chi connectivity index (χ2n) is 7.89. The molecule has 0 atom stereocenters. The first-order valence-electron chi connectivity index (χ1n) is 11.4. The van der Waals surface area contributed by atoms with Crippen molar-refractivity contribution in [2.75, 3.05) is 6.61 Å². The topological polar surface area (TPSA) is 52.6 Å². The average Bonchev–Trinajstić information content (AvgIpc) is 2.81. The van der Waals surface area contributed by atoms with E-state index in [9.17, 15) is 22.8 Å². The van der Waals surface area contributed by atoms with Crippen LogP contribution in [0.25, 0.3) is 0 Å². The first-order valence-corrected chi connectivity index (χ1v) is 11.4. The van der Waals surface area contributed by atoms with Crippen LogP contribution in [0.15, 0.2) is 48.5 Å². The van der Waals surface area contributed by atoms with Crippen molar-refractivity contribution in [3.8, 4) is 0 Å². The Labute approximate surface area is 193 Å². The van der Waals surface area contributed by atoms with Crippen LogP contribution in [-0.2, 0) is 22.3 Å². The average molecular weight is 465 g/mol. The Morgan fingerprint density at radius 2 is 1.24 bits per heavy atom. The number of halogens is 3. The van der Waals surface area contributed by atoms with E-state index in [0.29, 0.717) is 0 Å². The molecule has 0 aliphatic carbocycles. The first kappa shape index (κ1) is 26.4. The molecule has 0 radical (unpaired) electrons. The first-order chi connectivity index (χ1) is 15.8. The standard InChI is InChI=1S/C26H31F3O4/c1-2-3-4-5-6-7-8-13-18-32-24(30)21-15-10-11-16-22(21)25(31)33-19-20-14-9-12-17-23(20)26(27,28)29/h9-12,14-17H,2-8,13,18-19H2,1H3. The van der Waals surface area contributed by atoms with Crippen LogP contribution in [0.3, 0.4) is 0 Å². The van der Waals surface area contributed by atoms with E-state index in [4.69, 9.17) is 9.47 Å². The number of alkyl halides is 3. The molecule has 180 valence electrons. The van der Waals surface area contributed by atoms with Gasteiger partial charge in [0.15, 0.2) is 0 Å². The summed E-state index contributed by atoms with van der Waals surface area (Å²) < 4.78 is 49.8. The van der Waals surface area contributed by atoms with Crippen molar-refractivity contribution >= 4 is 11.9 Å². The second kappa shape index (κ2) is 13.7. The van der Waals surface area contributed by atoms with Gasteiger partial charge in [-0.05, 0) is 24.6 Å². The second-order valence-corrected chi connectivity index (χ2v) is 7.89. The van der Waals surface area contributed by atoms with Crippen LogP contribution < -0.4 is 0 Å². The van der Waals surface area contributed by atoms with Gasteiger partial charge < -0.3 is 9.47 Å². The third-order valence-corrected chi connectivity index (χ3v) is 5.28. The minimum absolute atomic E-state index is 0.0335. The van der Waals surface area contributed by atoms with Gasteiger partial charge in [-0.3, -0.25) is 0 Å². The minimum Gasteiger partial charge on any atom is -0.462 e. The van der Waals surface area contributed by atoms with Crippen LogP contribution in [0.1, 0.15) is 90.1 Å². The molecular weight excluding hydrogens is 433 g/mol. The SMILES string of the molecule is CCCCCCCCCCOC(=O)c1ccccc1C(=O)OCc1ccccc1C(F)(F)F. The number of unbranched alkanes of at least 4 members (excludes halogenated alkanes) is 7. The molecule has 0 aliphatic heterocycles. The minimum atomic E-state index is -4.56. The van der Waals surface area contributed by atoms with E-state index >= 15 is 0 Å². The van der Waals surface area contributed by atoms with E-state index in [2.05, 4.69) is 6.92 Å². The van der Waals surface area contributed by atoms with E-state index < -0.39 is 30.3 Å². The number of benzene rings is 2. The number of ether oxygens (including phenoxy) is 2. The molecule has 0 aliphatic rings. The molecule has 0 aromatic heterocycles. The molecule has 2 aromatic carbocycles. The summed E-state index contributed by atoms with van der Waals surface area (Å²) in [5, 5.41) is 0. The molecule has 0 bridgehead atoms. The van der Waals surface area contributed by atoms with E-state index in [1.807, 2.05) is 0 Å². The number of hydrogen-bond donors (Lipinski definition) is 0. The Bertz CT molecular complexity index is 893. The molecule has 0 N–H and O–H groups in total. The van der Waals surface area contributed by atoms with Crippen molar-refractivity contribution < 1.29 is 32.2 Å². The predicted molar refractivity (Wildman–Crippen MR) is 120 cm³/mol. The van der Waals surface area contributed by atoms with Crippen molar-refractivity contribution in [3.63, 3.8) is 0 Å². The van der Waals surface area contributed by atoms with Crippen molar-refractivity contribution in [1.82, 2.24) is 0 Å². The van der Waals surface area contributed by atoms with Gasteiger partial charge in [-0.2, -0.15) is 13.2 Å². The zero-order valence-electron chi connectivity index (χ0n) is 19.0. The summed E-state index contributed by atoms with van der Waals surface area (Å²) in [6.07, 6.45) is 4.34. The lowest BCUT2D eigenvalue weighted by Gasteiger charge is -2.13. The zero-order valence-corrected chi connectivity index (χ0v) is 19.0. The fourth-order valence-corrected chi connectivity index (χ4v) is 3.46. The van der Waals surface area contributed by atoms with E-state index in [0.717, 1.165) is 25.3 Å². The van der Waals surface area contributed by atoms with E-state index in [-0.39, 0.29) is 23.3 Å². The molecule has 0 unspecified atom stereocenters. The molecule has 0 spiro atoms. The van der Waals surface area contributed by atoms with Gasteiger partial charge in [0.1, 0.15) is 6.61 Å². The maximum absolute atomic E-state index is 13.1. The number of esters is 2. The van der Waals surface area contributed by atoms with Gasteiger partial charge in [0.05, 0.1) is 23.3 Å². The highest BCUT2D eigenvalue weighted by Gasteiger charge is 2.33. The molecule has 0 saturated heterocycles. The third-order valence-electron chi connectivity index (χ3n) is 5.28. The molecule has 0 saturated carbocycles. The summed E-state index contributed by atoms with van der Waals surface area (Å²) in [5.41, 5.74) is -1.03. The Morgan fingerprint density at radius 3 is 1.85 bits per heavy atom. The number of carbonyl (C=O) groups is 2. The number of hydrogen-bond acceptors (Lipinski definition) is 4. The van der Waals surface area contributed by atoms with E-state index in [1.165, 1.54) is 62.4 Å². The van der Waals surface area contributed by atoms with Crippen LogP contribution in [0, 0.1) is 0 Å². The summed E-state index contributed by atoms with van der Waals surface area (Å²) in [7, 11) is 0. The van der Waals surface area contributed by atoms with Crippen LogP contribution >= 0.6 is 0 Å². The van der Waals surface area contributed by atoms with Gasteiger partial charge in [-0.15, -0.1) is 0 Å². The normalized spacial score (nSPS) is 11.3. The van der Waals surface area contributed by atoms with Crippen LogP contribution in [-0.4, -0.2) is 18.5 Å². The lowest BCUT2D eigenvalue weighted by atomic mass is 10.1. The monoisotopic (exact) mass is 464 g/mol. The largest absolute Gasteiger partial charge is 0.462 e. The maximum atomic E-state index is 13.1. The summed E-state index contributed by atoms with van der Waals surface area (Å²) in [5.74, 6) is -1.53.